The number of allylic oxidation sites excluding steroid dienone is 4. The molecule has 3 aliphatic rings. The van der Waals surface area contributed by atoms with Crippen LogP contribution < -0.4 is 4.74 Å². The zero-order valence-electron chi connectivity index (χ0n) is 22.2. The van der Waals surface area contributed by atoms with Crippen LogP contribution in [0.4, 0.5) is 0 Å². The third-order valence-electron chi connectivity index (χ3n) is 7.88. The van der Waals surface area contributed by atoms with E-state index in [1.54, 1.807) is 7.11 Å². The third-order valence-corrected chi connectivity index (χ3v) is 8.17. The SMILES string of the molecule is CCC(C)/C=C1\C=C(N2CCN(C3CCCC3)CC2)C=CN1/C=C(\C)c1cc(Cl)c(OC)cc1C. The maximum absolute atomic E-state index is 6.45. The molecule has 1 atom stereocenters. The lowest BCUT2D eigenvalue weighted by molar-refractivity contribution is 0.119. The van der Waals surface area contributed by atoms with Gasteiger partial charge in [-0.25, -0.2) is 0 Å². The topological polar surface area (TPSA) is 19.0 Å². The Bertz CT molecular complexity index is 1010. The lowest BCUT2D eigenvalue weighted by Gasteiger charge is -2.40. The van der Waals surface area contributed by atoms with Gasteiger partial charge in [0, 0.05) is 56.0 Å². The molecule has 0 bridgehead atoms. The molecular weight excluding hydrogens is 454 g/mol. The van der Waals surface area contributed by atoms with Crippen molar-refractivity contribution in [3.8, 4) is 5.75 Å². The summed E-state index contributed by atoms with van der Waals surface area (Å²) >= 11 is 6.45. The van der Waals surface area contributed by atoms with Crippen molar-refractivity contribution in [2.24, 2.45) is 5.92 Å². The average molecular weight is 496 g/mol. The molecule has 1 saturated carbocycles. The first kappa shape index (κ1) is 25.9. The Morgan fingerprint density at radius 2 is 1.89 bits per heavy atom. The maximum Gasteiger partial charge on any atom is 0.137 e. The first-order valence-corrected chi connectivity index (χ1v) is 13.7. The molecule has 0 N–H and O–H groups in total. The molecule has 5 heteroatoms. The molecule has 1 unspecified atom stereocenters. The van der Waals surface area contributed by atoms with Gasteiger partial charge in [-0.3, -0.25) is 4.90 Å². The van der Waals surface area contributed by atoms with E-state index in [2.05, 4.69) is 73.0 Å². The second-order valence-corrected chi connectivity index (χ2v) is 10.8. The van der Waals surface area contributed by atoms with Crippen LogP contribution in [0.15, 0.2) is 54.2 Å². The molecule has 1 saturated heterocycles. The first-order chi connectivity index (χ1) is 16.9. The molecule has 0 radical (unpaired) electrons. The number of halogens is 1. The van der Waals surface area contributed by atoms with Gasteiger partial charge in [-0.1, -0.05) is 50.8 Å². The summed E-state index contributed by atoms with van der Waals surface area (Å²) in [5, 5.41) is 0.643. The van der Waals surface area contributed by atoms with Gasteiger partial charge in [0.05, 0.1) is 12.1 Å². The quantitative estimate of drug-likeness (QED) is 0.397. The number of rotatable bonds is 7. The van der Waals surface area contributed by atoms with E-state index in [1.165, 1.54) is 55.7 Å². The highest BCUT2D eigenvalue weighted by molar-refractivity contribution is 6.32. The van der Waals surface area contributed by atoms with Gasteiger partial charge < -0.3 is 14.5 Å². The van der Waals surface area contributed by atoms with E-state index < -0.39 is 0 Å². The number of methoxy groups -OCH3 is 1. The second-order valence-electron chi connectivity index (χ2n) is 10.3. The summed E-state index contributed by atoms with van der Waals surface area (Å²) in [5.41, 5.74) is 6.05. The van der Waals surface area contributed by atoms with E-state index in [9.17, 15) is 0 Å². The molecule has 0 spiro atoms. The molecule has 4 rings (SSSR count). The van der Waals surface area contributed by atoms with Crippen LogP contribution >= 0.6 is 11.6 Å². The highest BCUT2D eigenvalue weighted by atomic mass is 35.5. The molecule has 1 aliphatic carbocycles. The van der Waals surface area contributed by atoms with Crippen molar-refractivity contribution in [3.63, 3.8) is 0 Å². The normalized spacial score (nSPS) is 22.2. The molecule has 4 nitrogen and oxygen atoms in total. The van der Waals surface area contributed by atoms with E-state index in [0.717, 1.165) is 42.4 Å². The number of hydrogen-bond donors (Lipinski definition) is 0. The monoisotopic (exact) mass is 495 g/mol. The van der Waals surface area contributed by atoms with Crippen LogP contribution in [0.2, 0.25) is 5.02 Å². The highest BCUT2D eigenvalue weighted by Gasteiger charge is 2.27. The summed E-state index contributed by atoms with van der Waals surface area (Å²) in [6.45, 7) is 13.4. The van der Waals surface area contributed by atoms with Crippen LogP contribution in [0.5, 0.6) is 5.75 Å². The predicted octanol–water partition coefficient (Wildman–Crippen LogP) is 7.22. The van der Waals surface area contributed by atoms with Gasteiger partial charge in [0.25, 0.3) is 0 Å². The molecular formula is C30H42ClN3O. The molecule has 1 aromatic carbocycles. The van der Waals surface area contributed by atoms with Crippen molar-refractivity contribution in [2.75, 3.05) is 33.3 Å². The Balaban J connectivity index is 1.53. The van der Waals surface area contributed by atoms with Crippen molar-refractivity contribution in [1.29, 1.82) is 0 Å². The smallest absolute Gasteiger partial charge is 0.137 e. The molecule has 2 aliphatic heterocycles. The van der Waals surface area contributed by atoms with Crippen molar-refractivity contribution >= 4 is 17.2 Å². The number of ether oxygens (including phenoxy) is 1. The minimum absolute atomic E-state index is 0.515. The maximum atomic E-state index is 6.45. The minimum Gasteiger partial charge on any atom is -0.495 e. The predicted molar refractivity (Wildman–Crippen MR) is 148 cm³/mol. The first-order valence-electron chi connectivity index (χ1n) is 13.3. The molecule has 0 amide bonds. The number of piperazine rings is 1. The molecule has 35 heavy (non-hydrogen) atoms. The van der Waals surface area contributed by atoms with Crippen LogP contribution in [0.3, 0.4) is 0 Å². The molecule has 2 heterocycles. The zero-order chi connectivity index (χ0) is 24.9. The van der Waals surface area contributed by atoms with Crippen molar-refractivity contribution in [3.05, 3.63) is 70.3 Å². The van der Waals surface area contributed by atoms with Gasteiger partial charge in [0.1, 0.15) is 5.75 Å². The Morgan fingerprint density at radius 3 is 2.54 bits per heavy atom. The number of hydrogen-bond acceptors (Lipinski definition) is 4. The summed E-state index contributed by atoms with van der Waals surface area (Å²) < 4.78 is 5.39. The van der Waals surface area contributed by atoms with Crippen LogP contribution in [-0.2, 0) is 0 Å². The highest BCUT2D eigenvalue weighted by Crippen LogP contribution is 2.33. The molecule has 2 fully saturated rings. The number of benzene rings is 1. The van der Waals surface area contributed by atoms with Gasteiger partial charge >= 0.3 is 0 Å². The summed E-state index contributed by atoms with van der Waals surface area (Å²) in [4.78, 5) is 7.55. The van der Waals surface area contributed by atoms with E-state index in [0.29, 0.717) is 10.9 Å². The van der Waals surface area contributed by atoms with E-state index in [4.69, 9.17) is 16.3 Å². The van der Waals surface area contributed by atoms with E-state index in [1.807, 2.05) is 12.1 Å². The lowest BCUT2D eigenvalue weighted by atomic mass is 10.0. The summed E-state index contributed by atoms with van der Waals surface area (Å²) in [7, 11) is 1.66. The van der Waals surface area contributed by atoms with Gasteiger partial charge in [-0.05, 0) is 73.6 Å². The van der Waals surface area contributed by atoms with Crippen molar-refractivity contribution in [2.45, 2.75) is 65.8 Å². The van der Waals surface area contributed by atoms with Crippen molar-refractivity contribution < 1.29 is 4.74 Å². The molecule has 0 aromatic heterocycles. The Morgan fingerprint density at radius 1 is 1.17 bits per heavy atom. The Labute approximate surface area is 217 Å². The van der Waals surface area contributed by atoms with Crippen LogP contribution in [0.25, 0.3) is 5.57 Å². The van der Waals surface area contributed by atoms with Gasteiger partial charge in [0.2, 0.25) is 0 Å². The summed E-state index contributed by atoms with van der Waals surface area (Å²) in [5.74, 6) is 1.23. The van der Waals surface area contributed by atoms with E-state index >= 15 is 0 Å². The lowest BCUT2D eigenvalue weighted by Crippen LogP contribution is -2.49. The van der Waals surface area contributed by atoms with Crippen LogP contribution in [0.1, 0.15) is 64.0 Å². The third kappa shape index (κ3) is 6.16. The fourth-order valence-electron chi connectivity index (χ4n) is 5.50. The fraction of sp³-hybridized carbons (Fsp3) is 0.533. The number of nitrogens with zero attached hydrogens (tertiary/aromatic N) is 3. The minimum atomic E-state index is 0.515. The summed E-state index contributed by atoms with van der Waals surface area (Å²) in [6.07, 6.45) is 18.2. The second kappa shape index (κ2) is 11.7. The van der Waals surface area contributed by atoms with Crippen molar-refractivity contribution in [1.82, 2.24) is 14.7 Å². The van der Waals surface area contributed by atoms with E-state index in [-0.39, 0.29) is 0 Å². The standard InChI is InChI=1S/C30H42ClN3O/c1-6-22(2)17-27-19-26(33-15-13-32(14-16-33)25-9-7-8-10-25)11-12-34(27)21-24(4)28-20-29(31)30(35-5)18-23(28)3/h11-12,17-22,25H,6-10,13-16H2,1-5H3/b24-21+,27-17+. The average Bonchev–Trinajstić information content (AvgIpc) is 3.41. The van der Waals surface area contributed by atoms with Crippen LogP contribution in [0, 0.1) is 12.8 Å². The largest absolute Gasteiger partial charge is 0.495 e. The van der Waals surface area contributed by atoms with Crippen LogP contribution in [-0.4, -0.2) is 54.0 Å². The Hall–Kier alpha value is -2.17. The van der Waals surface area contributed by atoms with Gasteiger partial charge in [-0.2, -0.15) is 0 Å². The fourth-order valence-corrected chi connectivity index (χ4v) is 5.74. The zero-order valence-corrected chi connectivity index (χ0v) is 22.9. The van der Waals surface area contributed by atoms with Gasteiger partial charge in [-0.15, -0.1) is 0 Å². The summed E-state index contributed by atoms with van der Waals surface area (Å²) in [6, 6.07) is 4.85. The number of aryl methyl sites for hydroxylation is 1. The van der Waals surface area contributed by atoms with Gasteiger partial charge in [0.15, 0.2) is 0 Å². The molecule has 190 valence electrons. The Kier molecular flexibility index (Phi) is 8.67. The molecule has 1 aromatic rings.